The predicted octanol–water partition coefficient (Wildman–Crippen LogP) is 5.11. The summed E-state index contributed by atoms with van der Waals surface area (Å²) >= 11 is 1.69. The Balaban J connectivity index is 1.40. The first-order valence-corrected chi connectivity index (χ1v) is 14.2. The third-order valence-corrected chi connectivity index (χ3v) is 8.65. The van der Waals surface area contributed by atoms with Gasteiger partial charge in [0.1, 0.15) is 0 Å². The molecule has 0 spiro atoms. The van der Waals surface area contributed by atoms with E-state index in [-0.39, 0.29) is 5.91 Å². The van der Waals surface area contributed by atoms with Gasteiger partial charge < -0.3 is 10.1 Å². The minimum Gasteiger partial charge on any atom is -0.481 e. The number of benzene rings is 1. The van der Waals surface area contributed by atoms with Gasteiger partial charge in [0.25, 0.3) is 0 Å². The Morgan fingerprint density at radius 1 is 1.18 bits per heavy atom. The molecule has 0 unspecified atom stereocenters. The quantitative estimate of drug-likeness (QED) is 0.285. The number of ether oxygens (including phenoxy) is 1. The van der Waals surface area contributed by atoms with Gasteiger partial charge in [-0.15, -0.1) is 17.9 Å². The molecule has 0 saturated carbocycles. The maximum atomic E-state index is 11.9. The highest BCUT2D eigenvalue weighted by Crippen LogP contribution is 2.45. The Hall–Kier alpha value is -4.34. The van der Waals surface area contributed by atoms with Crippen molar-refractivity contribution in [3.8, 4) is 39.5 Å². The molecule has 1 saturated heterocycles. The van der Waals surface area contributed by atoms with Gasteiger partial charge in [-0.25, -0.2) is 9.97 Å². The SMILES string of the molecule is C=CCN1CC(n2cc(-c3nc(-c4ccc5c(c4)CNC(=O)C5)c4ccsc4c3-c3cccnc3OC)cn2)C1. The summed E-state index contributed by atoms with van der Waals surface area (Å²) in [7, 11) is 1.65. The lowest BCUT2D eigenvalue weighted by Crippen LogP contribution is -2.47. The van der Waals surface area contributed by atoms with Crippen molar-refractivity contribution in [2.75, 3.05) is 26.7 Å². The fraction of sp³-hybridized carbons (Fsp3) is 0.226. The molecule has 0 aliphatic carbocycles. The fourth-order valence-corrected chi connectivity index (χ4v) is 6.64. The van der Waals surface area contributed by atoms with Crippen LogP contribution in [0.25, 0.3) is 43.7 Å². The summed E-state index contributed by atoms with van der Waals surface area (Å²) in [6.45, 7) is 7.17. The van der Waals surface area contributed by atoms with Gasteiger partial charge in [0.15, 0.2) is 0 Å². The Labute approximate surface area is 236 Å². The Bertz CT molecular complexity index is 1770. The van der Waals surface area contributed by atoms with Crippen molar-refractivity contribution < 1.29 is 9.53 Å². The van der Waals surface area contributed by atoms with Gasteiger partial charge in [0, 0.05) is 70.9 Å². The van der Waals surface area contributed by atoms with Crippen LogP contribution in [0.2, 0.25) is 0 Å². The van der Waals surface area contributed by atoms with E-state index in [0.717, 1.165) is 74.5 Å². The van der Waals surface area contributed by atoms with Crippen LogP contribution in [0.15, 0.2) is 73.0 Å². The third-order valence-electron chi connectivity index (χ3n) is 7.72. The molecule has 0 atom stereocenters. The Morgan fingerprint density at radius 3 is 2.92 bits per heavy atom. The molecule has 5 aromatic rings. The Morgan fingerprint density at radius 2 is 2.08 bits per heavy atom. The molecule has 7 rings (SSSR count). The monoisotopic (exact) mass is 548 g/mol. The molecule has 2 aliphatic heterocycles. The van der Waals surface area contributed by atoms with Crippen LogP contribution in [-0.4, -0.2) is 57.3 Å². The van der Waals surface area contributed by atoms with Crippen LogP contribution in [0, 0.1) is 0 Å². The number of thiophene rings is 1. The summed E-state index contributed by atoms with van der Waals surface area (Å²) in [5, 5.41) is 10.9. The van der Waals surface area contributed by atoms with E-state index in [4.69, 9.17) is 14.8 Å². The van der Waals surface area contributed by atoms with E-state index in [1.54, 1.807) is 24.6 Å². The summed E-state index contributed by atoms with van der Waals surface area (Å²) in [5.41, 5.74) is 7.81. The van der Waals surface area contributed by atoms with Crippen molar-refractivity contribution >= 4 is 27.3 Å². The van der Waals surface area contributed by atoms with Crippen LogP contribution < -0.4 is 10.1 Å². The van der Waals surface area contributed by atoms with E-state index in [1.807, 2.05) is 24.4 Å². The first-order valence-electron chi connectivity index (χ1n) is 13.3. The van der Waals surface area contributed by atoms with Crippen molar-refractivity contribution in [3.63, 3.8) is 0 Å². The second-order valence-corrected chi connectivity index (χ2v) is 11.1. The standard InChI is InChI=1S/C31H28N6O2S/c1-3-10-36-17-23(18-36)37-16-22(15-34-37)29-27(24-5-4-9-32-31(24)39-2)30-25(8-11-40-30)28(35-29)20-7-6-19-13-26(38)33-14-21(19)12-20/h3-9,11-12,15-16,23H,1,10,13-14,17-18H2,2H3,(H,33,38). The molecule has 9 heteroatoms. The first kappa shape index (κ1) is 24.7. The topological polar surface area (TPSA) is 85.2 Å². The first-order chi connectivity index (χ1) is 19.6. The van der Waals surface area contributed by atoms with E-state index in [0.29, 0.717) is 24.9 Å². The average Bonchev–Trinajstić information content (AvgIpc) is 3.64. The Kier molecular flexibility index (Phi) is 6.17. The number of hydrogen-bond acceptors (Lipinski definition) is 7. The number of fused-ring (bicyclic) bond motifs is 2. The number of rotatable bonds is 7. The number of likely N-dealkylation sites (tertiary alicyclic amines) is 1. The molecule has 200 valence electrons. The van der Waals surface area contributed by atoms with Gasteiger partial charge in [-0.2, -0.15) is 5.10 Å². The molecule has 4 aromatic heterocycles. The van der Waals surface area contributed by atoms with Gasteiger partial charge in [0.05, 0.1) is 37.2 Å². The number of carbonyl (C=O) groups excluding carboxylic acids is 1. The van der Waals surface area contributed by atoms with Crippen molar-refractivity contribution in [1.29, 1.82) is 0 Å². The molecular weight excluding hydrogens is 520 g/mol. The van der Waals surface area contributed by atoms with Gasteiger partial charge in [-0.05, 0) is 40.8 Å². The van der Waals surface area contributed by atoms with Crippen LogP contribution in [0.3, 0.4) is 0 Å². The zero-order valence-corrected chi connectivity index (χ0v) is 22.9. The second kappa shape index (κ2) is 10.0. The summed E-state index contributed by atoms with van der Waals surface area (Å²) in [6, 6.07) is 12.7. The lowest BCUT2D eigenvalue weighted by atomic mass is 9.94. The van der Waals surface area contributed by atoms with E-state index in [9.17, 15) is 4.79 Å². The zero-order valence-electron chi connectivity index (χ0n) is 22.1. The summed E-state index contributed by atoms with van der Waals surface area (Å²) in [5.74, 6) is 0.621. The number of hydrogen-bond donors (Lipinski definition) is 1. The van der Waals surface area contributed by atoms with E-state index in [1.165, 1.54) is 0 Å². The van der Waals surface area contributed by atoms with Crippen molar-refractivity contribution in [2.45, 2.75) is 19.0 Å². The highest BCUT2D eigenvalue weighted by Gasteiger charge is 2.29. The van der Waals surface area contributed by atoms with Crippen LogP contribution in [-0.2, 0) is 17.8 Å². The molecule has 0 bridgehead atoms. The number of nitrogens with zero attached hydrogens (tertiary/aromatic N) is 5. The minimum atomic E-state index is 0.0618. The number of carbonyl (C=O) groups is 1. The summed E-state index contributed by atoms with van der Waals surface area (Å²) < 4.78 is 8.88. The lowest BCUT2D eigenvalue weighted by Gasteiger charge is -2.38. The molecule has 6 heterocycles. The van der Waals surface area contributed by atoms with Crippen LogP contribution in [0.1, 0.15) is 17.2 Å². The number of pyridine rings is 2. The molecule has 1 aromatic carbocycles. The molecule has 0 radical (unpaired) electrons. The molecule has 40 heavy (non-hydrogen) atoms. The largest absolute Gasteiger partial charge is 0.481 e. The lowest BCUT2D eigenvalue weighted by molar-refractivity contribution is -0.121. The van der Waals surface area contributed by atoms with E-state index >= 15 is 0 Å². The maximum Gasteiger partial charge on any atom is 0.224 e. The fourth-order valence-electron chi connectivity index (χ4n) is 5.69. The normalized spacial score (nSPS) is 15.5. The maximum absolute atomic E-state index is 11.9. The van der Waals surface area contributed by atoms with Gasteiger partial charge >= 0.3 is 0 Å². The van der Waals surface area contributed by atoms with E-state index in [2.05, 4.69) is 62.3 Å². The van der Waals surface area contributed by atoms with Gasteiger partial charge in [0.2, 0.25) is 11.8 Å². The summed E-state index contributed by atoms with van der Waals surface area (Å²) in [6.07, 6.45) is 8.11. The van der Waals surface area contributed by atoms with Crippen molar-refractivity contribution in [1.82, 2.24) is 30.0 Å². The second-order valence-electron chi connectivity index (χ2n) is 10.2. The van der Waals surface area contributed by atoms with Gasteiger partial charge in [-0.1, -0.05) is 18.2 Å². The molecule has 1 fully saturated rings. The molecular formula is C31H28N6O2S. The number of nitrogens with one attached hydrogen (secondary N) is 1. The van der Waals surface area contributed by atoms with Crippen molar-refractivity contribution in [2.24, 2.45) is 0 Å². The summed E-state index contributed by atoms with van der Waals surface area (Å²) in [4.78, 5) is 24.1. The van der Waals surface area contributed by atoms with Crippen LogP contribution in [0.5, 0.6) is 5.88 Å². The van der Waals surface area contributed by atoms with Crippen LogP contribution >= 0.6 is 11.3 Å². The van der Waals surface area contributed by atoms with Gasteiger partial charge in [-0.3, -0.25) is 14.4 Å². The van der Waals surface area contributed by atoms with E-state index < -0.39 is 0 Å². The van der Waals surface area contributed by atoms with Crippen molar-refractivity contribution in [3.05, 3.63) is 84.2 Å². The van der Waals surface area contributed by atoms with Crippen LogP contribution in [0.4, 0.5) is 0 Å². The zero-order chi connectivity index (χ0) is 27.2. The molecule has 8 nitrogen and oxygen atoms in total. The molecule has 1 amide bonds. The number of aromatic nitrogens is 4. The highest BCUT2D eigenvalue weighted by atomic mass is 32.1. The molecule has 2 aliphatic rings. The minimum absolute atomic E-state index is 0.0618. The molecule has 1 N–H and O–H groups in total. The number of amides is 1. The smallest absolute Gasteiger partial charge is 0.224 e. The predicted molar refractivity (Wildman–Crippen MR) is 157 cm³/mol. The highest BCUT2D eigenvalue weighted by molar-refractivity contribution is 7.18. The average molecular weight is 549 g/mol. The number of methoxy groups -OCH3 is 1. The third kappa shape index (κ3) is 4.18.